The topological polar surface area (TPSA) is 111 Å². The summed E-state index contributed by atoms with van der Waals surface area (Å²) in [5, 5.41) is 9.10. The second-order valence-electron chi connectivity index (χ2n) is 12.9. The predicted octanol–water partition coefficient (Wildman–Crippen LogP) is 6.00. The van der Waals surface area contributed by atoms with Crippen LogP contribution in [0.1, 0.15) is 67.1 Å². The first-order chi connectivity index (χ1) is 24.7. The summed E-state index contributed by atoms with van der Waals surface area (Å²) in [6, 6.07) is 20.1. The van der Waals surface area contributed by atoms with Gasteiger partial charge in [0.25, 0.3) is 0 Å². The van der Waals surface area contributed by atoms with Gasteiger partial charge in [0, 0.05) is 61.7 Å². The molecule has 1 aromatic heterocycles. The molecule has 0 radical (unpaired) electrons. The van der Waals surface area contributed by atoms with Crippen LogP contribution in [0.25, 0.3) is 5.69 Å². The minimum atomic E-state index is -0.430. The van der Waals surface area contributed by atoms with Crippen LogP contribution in [0.4, 0.5) is 0 Å². The van der Waals surface area contributed by atoms with Crippen molar-refractivity contribution in [1.29, 1.82) is 0 Å². The van der Waals surface area contributed by atoms with Crippen molar-refractivity contribution < 1.29 is 23.8 Å². The summed E-state index contributed by atoms with van der Waals surface area (Å²) in [5.74, 6) is 2.49. The van der Waals surface area contributed by atoms with Gasteiger partial charge in [-0.05, 0) is 68.7 Å². The van der Waals surface area contributed by atoms with Crippen molar-refractivity contribution in [3.8, 4) is 17.2 Å². The van der Waals surface area contributed by atoms with Gasteiger partial charge >= 0.3 is 5.97 Å². The van der Waals surface area contributed by atoms with Crippen molar-refractivity contribution in [3.05, 3.63) is 99.6 Å². The Bertz CT molecular complexity index is 1920. The molecule has 1 saturated heterocycles. The van der Waals surface area contributed by atoms with E-state index in [4.69, 9.17) is 30.8 Å². The lowest BCUT2D eigenvalue weighted by atomic mass is 9.81. The number of aliphatic imine (C=N–C) groups is 1. The number of piperidine rings is 1. The molecule has 0 N–H and O–H groups in total. The number of esters is 1. The Kier molecular flexibility index (Phi) is 11.1. The first-order valence-electron chi connectivity index (χ1n) is 17.4. The van der Waals surface area contributed by atoms with Crippen LogP contribution in [0, 0.1) is 12.8 Å². The Hall–Kier alpha value is -4.74. The molecule has 1 amide bonds. The van der Waals surface area contributed by atoms with Crippen LogP contribution < -0.4 is 9.47 Å². The van der Waals surface area contributed by atoms with E-state index in [9.17, 15) is 9.59 Å². The van der Waals surface area contributed by atoms with Crippen LogP contribution >= 0.6 is 11.6 Å². The molecule has 3 aromatic carbocycles. The number of aryl methyl sites for hydroxylation is 1. The maximum atomic E-state index is 13.1. The molecular formula is C39H45ClN6O5. The number of nitrogens with zero attached hydrogens (tertiary/aromatic N) is 6. The highest BCUT2D eigenvalue weighted by atomic mass is 35.5. The summed E-state index contributed by atoms with van der Waals surface area (Å²) in [6.45, 7) is 10.6. The largest absolute Gasteiger partial charge is 0.493 e. The molecule has 12 heteroatoms. The lowest BCUT2D eigenvalue weighted by Crippen LogP contribution is -2.54. The number of carbonyl (C=O) groups is 2. The van der Waals surface area contributed by atoms with Crippen molar-refractivity contribution in [2.75, 3.05) is 40.4 Å². The first-order valence-corrected chi connectivity index (χ1v) is 17.8. The van der Waals surface area contributed by atoms with Gasteiger partial charge in [-0.3, -0.25) is 24.0 Å². The van der Waals surface area contributed by atoms with Gasteiger partial charge < -0.3 is 19.1 Å². The zero-order valence-electron chi connectivity index (χ0n) is 30.1. The molecule has 0 spiro atoms. The fourth-order valence-electron chi connectivity index (χ4n) is 7.47. The van der Waals surface area contributed by atoms with E-state index in [1.807, 2.05) is 78.8 Å². The summed E-state index contributed by atoms with van der Waals surface area (Å²) >= 11 is 6.23. The molecule has 0 saturated carbocycles. The number of rotatable bonds is 7. The highest BCUT2D eigenvalue weighted by molar-refractivity contribution is 6.31. The van der Waals surface area contributed by atoms with Gasteiger partial charge in [0.05, 0.1) is 31.5 Å². The summed E-state index contributed by atoms with van der Waals surface area (Å²) < 4.78 is 18.7. The average Bonchev–Trinajstić information content (AvgIpc) is 3.42. The monoisotopic (exact) mass is 712 g/mol. The maximum absolute atomic E-state index is 13.1. The van der Waals surface area contributed by atoms with Crippen LogP contribution in [0.3, 0.4) is 0 Å². The molecule has 1 fully saturated rings. The summed E-state index contributed by atoms with van der Waals surface area (Å²) in [5.41, 5.74) is 6.41. The Morgan fingerprint density at radius 1 is 0.980 bits per heavy atom. The second-order valence-corrected chi connectivity index (χ2v) is 13.3. The molecule has 0 bridgehead atoms. The number of hydrogen-bond donors (Lipinski definition) is 0. The summed E-state index contributed by atoms with van der Waals surface area (Å²) in [7, 11) is 3.27. The van der Waals surface area contributed by atoms with Gasteiger partial charge in [-0.25, -0.2) is 0 Å². The lowest BCUT2D eigenvalue weighted by Gasteiger charge is -2.46. The Labute approximate surface area is 304 Å². The van der Waals surface area contributed by atoms with E-state index in [1.54, 1.807) is 14.2 Å². The van der Waals surface area contributed by atoms with Gasteiger partial charge in [-0.15, -0.1) is 10.2 Å². The minimum Gasteiger partial charge on any atom is -0.493 e. The van der Waals surface area contributed by atoms with E-state index in [0.717, 1.165) is 52.9 Å². The number of fused-ring (bicyclic) bond motifs is 6. The van der Waals surface area contributed by atoms with E-state index >= 15 is 0 Å². The molecule has 11 nitrogen and oxygen atoms in total. The molecule has 51 heavy (non-hydrogen) atoms. The third-order valence-electron chi connectivity index (χ3n) is 9.93. The Morgan fingerprint density at radius 2 is 1.71 bits per heavy atom. The number of halogens is 1. The number of ether oxygens (including phenoxy) is 3. The molecule has 3 aliphatic heterocycles. The van der Waals surface area contributed by atoms with Crippen LogP contribution in [0.2, 0.25) is 5.02 Å². The third kappa shape index (κ3) is 7.36. The Balaban J connectivity index is 0.000000182. The van der Waals surface area contributed by atoms with Gasteiger partial charge in [-0.1, -0.05) is 41.9 Å². The molecule has 3 aliphatic rings. The smallest absolute Gasteiger partial charge is 0.302 e. The zero-order valence-corrected chi connectivity index (χ0v) is 30.8. The maximum Gasteiger partial charge on any atom is 0.302 e. The van der Waals surface area contributed by atoms with Gasteiger partial charge in [-0.2, -0.15) is 0 Å². The quantitative estimate of drug-likeness (QED) is 0.215. The number of aromatic nitrogens is 3. The number of amides is 1. The molecular weight excluding hydrogens is 668 g/mol. The van der Waals surface area contributed by atoms with Crippen LogP contribution in [-0.2, 0) is 27.3 Å². The van der Waals surface area contributed by atoms with Crippen molar-refractivity contribution in [3.63, 3.8) is 0 Å². The molecule has 268 valence electrons. The third-order valence-corrected chi connectivity index (χ3v) is 10.2. The molecule has 7 rings (SSSR count). The minimum absolute atomic E-state index is 0.0674. The highest BCUT2D eigenvalue weighted by Gasteiger charge is 2.44. The lowest BCUT2D eigenvalue weighted by molar-refractivity contribution is -0.161. The van der Waals surface area contributed by atoms with Gasteiger partial charge in [0.15, 0.2) is 17.3 Å². The normalized spacial score (nSPS) is 19.0. The number of methoxy groups -OCH3 is 2. The SMILES string of the molecule is CCN(CC)C(=O)C1CN2CCc3cc(OC)c(OC)cc3C2CC1OC(C)=O.Cc1nnc2n1-c1ccc(Cl)cc1C(c1ccccc1)=NC2. The fourth-order valence-corrected chi connectivity index (χ4v) is 7.64. The van der Waals surface area contributed by atoms with Crippen LogP contribution in [0.15, 0.2) is 65.7 Å². The number of carbonyl (C=O) groups excluding carboxylic acids is 2. The van der Waals surface area contributed by atoms with Gasteiger partial charge in [0.1, 0.15) is 18.5 Å². The highest BCUT2D eigenvalue weighted by Crippen LogP contribution is 2.44. The zero-order chi connectivity index (χ0) is 36.2. The standard InChI is InChI=1S/C22H32N2O5.C17H13ClN4/c1-6-23(7-2)22(26)17-13-24-9-8-15-10-20(27-4)21(28-5)11-16(15)18(24)12-19(17)29-14(3)25;1-11-20-21-16-10-19-17(12-5-3-2-4-6-12)14-9-13(18)7-8-15(14)22(11)16/h10-11,17-19H,6-9,12-13H2,1-5H3;2-9H,10H2,1H3. The van der Waals surface area contributed by atoms with E-state index < -0.39 is 6.10 Å². The number of hydrogen-bond acceptors (Lipinski definition) is 9. The molecule has 4 aromatic rings. The van der Waals surface area contributed by atoms with Crippen LogP contribution in [0.5, 0.6) is 11.5 Å². The van der Waals surface area contributed by atoms with Crippen molar-refractivity contribution in [1.82, 2.24) is 24.6 Å². The molecule has 4 heterocycles. The van der Waals surface area contributed by atoms with E-state index in [-0.39, 0.29) is 23.8 Å². The fraction of sp³-hybridized carbons (Fsp3) is 0.410. The Morgan fingerprint density at radius 3 is 2.39 bits per heavy atom. The van der Waals surface area contributed by atoms with Crippen molar-refractivity contribution >= 4 is 29.2 Å². The van der Waals surface area contributed by atoms with E-state index in [2.05, 4.69) is 27.2 Å². The predicted molar refractivity (Wildman–Crippen MR) is 196 cm³/mol. The number of benzene rings is 3. The summed E-state index contributed by atoms with van der Waals surface area (Å²) in [6.07, 6.45) is 1.05. The van der Waals surface area contributed by atoms with Crippen LogP contribution in [-0.4, -0.2) is 88.7 Å². The van der Waals surface area contributed by atoms with E-state index in [1.165, 1.54) is 18.1 Å². The second kappa shape index (κ2) is 15.7. The molecule has 0 aliphatic carbocycles. The average molecular weight is 713 g/mol. The molecule has 3 unspecified atom stereocenters. The summed E-state index contributed by atoms with van der Waals surface area (Å²) in [4.78, 5) is 33.8. The van der Waals surface area contributed by atoms with Gasteiger partial charge in [0.2, 0.25) is 5.91 Å². The van der Waals surface area contributed by atoms with Crippen molar-refractivity contribution in [2.24, 2.45) is 10.9 Å². The van der Waals surface area contributed by atoms with Crippen molar-refractivity contribution in [2.45, 2.75) is 59.2 Å². The first kappa shape index (κ1) is 36.1. The van der Waals surface area contributed by atoms with E-state index in [0.29, 0.717) is 43.4 Å². The molecule has 3 atom stereocenters.